The van der Waals surface area contributed by atoms with E-state index in [4.69, 9.17) is 11.6 Å². The van der Waals surface area contributed by atoms with Gasteiger partial charge in [0.1, 0.15) is 0 Å². The SMILES string of the molecule is Cc1ccccc1Sc1cccc(Cl)c1CO. The van der Waals surface area contributed by atoms with Crippen LogP contribution in [0.5, 0.6) is 0 Å². The van der Waals surface area contributed by atoms with Gasteiger partial charge in [-0.3, -0.25) is 0 Å². The molecule has 0 aliphatic heterocycles. The van der Waals surface area contributed by atoms with Crippen LogP contribution < -0.4 is 0 Å². The zero-order valence-electron chi connectivity index (χ0n) is 9.48. The van der Waals surface area contributed by atoms with Crippen LogP contribution in [0.4, 0.5) is 0 Å². The van der Waals surface area contributed by atoms with Crippen molar-refractivity contribution in [1.29, 1.82) is 0 Å². The first-order valence-electron chi connectivity index (χ1n) is 5.34. The lowest BCUT2D eigenvalue weighted by atomic mass is 10.2. The molecule has 0 atom stereocenters. The lowest BCUT2D eigenvalue weighted by Crippen LogP contribution is -1.89. The number of hydrogen-bond acceptors (Lipinski definition) is 2. The van der Waals surface area contributed by atoms with E-state index in [2.05, 4.69) is 19.1 Å². The summed E-state index contributed by atoms with van der Waals surface area (Å²) in [4.78, 5) is 2.19. The van der Waals surface area contributed by atoms with Crippen LogP contribution in [-0.2, 0) is 6.61 Å². The molecule has 1 nitrogen and oxygen atoms in total. The second-order valence-electron chi connectivity index (χ2n) is 3.74. The lowest BCUT2D eigenvalue weighted by molar-refractivity contribution is 0.279. The lowest BCUT2D eigenvalue weighted by Gasteiger charge is -2.10. The number of halogens is 1. The summed E-state index contributed by atoms with van der Waals surface area (Å²) in [7, 11) is 0. The summed E-state index contributed by atoms with van der Waals surface area (Å²) in [5, 5.41) is 9.97. The van der Waals surface area contributed by atoms with Gasteiger partial charge in [-0.05, 0) is 30.7 Å². The molecule has 0 spiro atoms. The Morgan fingerprint density at radius 3 is 2.47 bits per heavy atom. The van der Waals surface area contributed by atoms with Gasteiger partial charge in [-0.25, -0.2) is 0 Å². The summed E-state index contributed by atoms with van der Waals surface area (Å²) in [6.45, 7) is 2.04. The van der Waals surface area contributed by atoms with Crippen molar-refractivity contribution in [2.24, 2.45) is 0 Å². The maximum absolute atomic E-state index is 9.35. The third-order valence-electron chi connectivity index (χ3n) is 2.55. The molecule has 0 amide bonds. The number of benzene rings is 2. The molecule has 3 heteroatoms. The van der Waals surface area contributed by atoms with E-state index in [1.165, 1.54) is 10.5 Å². The van der Waals surface area contributed by atoms with Gasteiger partial charge in [-0.15, -0.1) is 0 Å². The Kier molecular flexibility index (Phi) is 4.11. The first kappa shape index (κ1) is 12.5. The third-order valence-corrected chi connectivity index (χ3v) is 4.18. The standard InChI is InChI=1S/C14H13ClOS/c1-10-5-2-3-7-13(10)17-14-8-4-6-12(15)11(14)9-16/h2-8,16H,9H2,1H3. The largest absolute Gasteiger partial charge is 0.392 e. The van der Waals surface area contributed by atoms with Crippen molar-refractivity contribution in [1.82, 2.24) is 0 Å². The van der Waals surface area contributed by atoms with Crippen LogP contribution in [0.3, 0.4) is 0 Å². The molecule has 0 aliphatic carbocycles. The van der Waals surface area contributed by atoms with E-state index in [0.717, 1.165) is 10.5 Å². The van der Waals surface area contributed by atoms with Crippen molar-refractivity contribution in [3.05, 3.63) is 58.6 Å². The normalized spacial score (nSPS) is 10.5. The molecule has 88 valence electrons. The minimum absolute atomic E-state index is 0.0338. The maximum atomic E-state index is 9.35. The van der Waals surface area contributed by atoms with Gasteiger partial charge in [0.05, 0.1) is 6.61 Å². The van der Waals surface area contributed by atoms with Crippen molar-refractivity contribution in [2.45, 2.75) is 23.3 Å². The molecule has 0 unspecified atom stereocenters. The number of aryl methyl sites for hydroxylation is 1. The summed E-state index contributed by atoms with van der Waals surface area (Å²) in [5.41, 5.74) is 2.02. The van der Waals surface area contributed by atoms with Crippen LogP contribution in [-0.4, -0.2) is 5.11 Å². The van der Waals surface area contributed by atoms with Gasteiger partial charge in [0, 0.05) is 20.4 Å². The van der Waals surface area contributed by atoms with Crippen molar-refractivity contribution < 1.29 is 5.11 Å². The molecule has 2 aromatic carbocycles. The fourth-order valence-electron chi connectivity index (χ4n) is 1.58. The van der Waals surface area contributed by atoms with Crippen LogP contribution in [0.15, 0.2) is 52.3 Å². The highest BCUT2D eigenvalue weighted by Gasteiger charge is 2.08. The first-order chi connectivity index (χ1) is 8.22. The smallest absolute Gasteiger partial charge is 0.0707 e. The van der Waals surface area contributed by atoms with Crippen molar-refractivity contribution in [2.75, 3.05) is 0 Å². The summed E-state index contributed by atoms with van der Waals surface area (Å²) >= 11 is 7.70. The zero-order valence-corrected chi connectivity index (χ0v) is 11.1. The zero-order chi connectivity index (χ0) is 12.3. The fraction of sp³-hybridized carbons (Fsp3) is 0.143. The van der Waals surface area contributed by atoms with Crippen molar-refractivity contribution in [3.8, 4) is 0 Å². The second kappa shape index (κ2) is 5.58. The molecule has 0 radical (unpaired) electrons. The monoisotopic (exact) mass is 264 g/mol. The highest BCUT2D eigenvalue weighted by atomic mass is 35.5. The quantitative estimate of drug-likeness (QED) is 0.892. The van der Waals surface area contributed by atoms with Gasteiger partial charge in [0.2, 0.25) is 0 Å². The molecule has 0 aromatic heterocycles. The number of aliphatic hydroxyl groups excluding tert-OH is 1. The molecule has 2 rings (SSSR count). The Bertz CT molecular complexity index is 525. The molecule has 0 fully saturated rings. The summed E-state index contributed by atoms with van der Waals surface area (Å²) < 4.78 is 0. The maximum Gasteiger partial charge on any atom is 0.0707 e. The fourth-order valence-corrected chi connectivity index (χ4v) is 2.92. The molecule has 0 saturated heterocycles. The Morgan fingerprint density at radius 1 is 1.06 bits per heavy atom. The average molecular weight is 265 g/mol. The van der Waals surface area contributed by atoms with Crippen LogP contribution in [0.1, 0.15) is 11.1 Å². The van der Waals surface area contributed by atoms with Crippen LogP contribution in [0.2, 0.25) is 5.02 Å². The molecule has 0 aliphatic rings. The number of aliphatic hydroxyl groups is 1. The highest BCUT2D eigenvalue weighted by Crippen LogP contribution is 2.35. The molecule has 0 heterocycles. The van der Waals surface area contributed by atoms with Crippen LogP contribution in [0, 0.1) is 6.92 Å². The predicted octanol–water partition coefficient (Wildman–Crippen LogP) is 4.29. The first-order valence-corrected chi connectivity index (χ1v) is 6.53. The van der Waals surface area contributed by atoms with E-state index < -0.39 is 0 Å². The number of rotatable bonds is 3. The van der Waals surface area contributed by atoms with Gasteiger partial charge in [0.25, 0.3) is 0 Å². The second-order valence-corrected chi connectivity index (χ2v) is 5.23. The average Bonchev–Trinajstić information content (AvgIpc) is 2.32. The molecule has 2 aromatic rings. The summed E-state index contributed by atoms with van der Waals surface area (Å²) in [6, 6.07) is 13.9. The Hall–Kier alpha value is -0.960. The predicted molar refractivity (Wildman–Crippen MR) is 72.7 cm³/mol. The Morgan fingerprint density at radius 2 is 1.76 bits per heavy atom. The van der Waals surface area contributed by atoms with Crippen molar-refractivity contribution in [3.63, 3.8) is 0 Å². The molecular weight excluding hydrogens is 252 g/mol. The highest BCUT2D eigenvalue weighted by molar-refractivity contribution is 7.99. The summed E-state index contributed by atoms with van der Waals surface area (Å²) in [5.74, 6) is 0. The molecule has 17 heavy (non-hydrogen) atoms. The van der Waals surface area contributed by atoms with Gasteiger partial charge < -0.3 is 5.11 Å². The van der Waals surface area contributed by atoms with E-state index in [1.54, 1.807) is 17.8 Å². The number of hydrogen-bond donors (Lipinski definition) is 1. The Labute approximate surface area is 110 Å². The van der Waals surface area contributed by atoms with Crippen LogP contribution >= 0.6 is 23.4 Å². The van der Waals surface area contributed by atoms with Gasteiger partial charge in [0.15, 0.2) is 0 Å². The minimum Gasteiger partial charge on any atom is -0.392 e. The van der Waals surface area contributed by atoms with E-state index >= 15 is 0 Å². The van der Waals surface area contributed by atoms with Gasteiger partial charge >= 0.3 is 0 Å². The van der Waals surface area contributed by atoms with Gasteiger partial charge in [-0.1, -0.05) is 47.6 Å². The van der Waals surface area contributed by atoms with Gasteiger partial charge in [-0.2, -0.15) is 0 Å². The van der Waals surface area contributed by atoms with E-state index in [9.17, 15) is 5.11 Å². The third kappa shape index (κ3) is 2.83. The molecule has 0 saturated carbocycles. The van der Waals surface area contributed by atoms with E-state index in [-0.39, 0.29) is 6.61 Å². The summed E-state index contributed by atoms with van der Waals surface area (Å²) in [6.07, 6.45) is 0. The van der Waals surface area contributed by atoms with E-state index in [1.807, 2.05) is 24.3 Å². The molecule has 1 N–H and O–H groups in total. The molecule has 0 bridgehead atoms. The Balaban J connectivity index is 2.37. The molecular formula is C14H13ClOS. The van der Waals surface area contributed by atoms with E-state index in [0.29, 0.717) is 5.02 Å². The minimum atomic E-state index is -0.0338. The van der Waals surface area contributed by atoms with Crippen molar-refractivity contribution >= 4 is 23.4 Å². The topological polar surface area (TPSA) is 20.2 Å². The van der Waals surface area contributed by atoms with Crippen LogP contribution in [0.25, 0.3) is 0 Å².